The van der Waals surface area contributed by atoms with Crippen LogP contribution < -0.4 is 0 Å². The predicted molar refractivity (Wildman–Crippen MR) is 60.8 cm³/mol. The van der Waals surface area contributed by atoms with Gasteiger partial charge in [-0.1, -0.05) is 0 Å². The van der Waals surface area contributed by atoms with Gasteiger partial charge >= 0.3 is 15.5 Å². The molecule has 12 heteroatoms. The maximum atomic E-state index is 12.4. The molecule has 1 aliphatic heterocycles. The smallest absolute Gasteiger partial charge is 0.448 e. The molecule has 1 aromatic rings. The van der Waals surface area contributed by atoms with E-state index in [1.54, 1.807) is 0 Å². The molecule has 6 nitrogen and oxygen atoms in total. The van der Waals surface area contributed by atoms with Gasteiger partial charge in [0.2, 0.25) is 5.09 Å². The van der Waals surface area contributed by atoms with Gasteiger partial charge in [0, 0.05) is 41.8 Å². The summed E-state index contributed by atoms with van der Waals surface area (Å²) in [5.74, 6) is 0.109. The van der Waals surface area contributed by atoms with Crippen LogP contribution >= 0.6 is 10.7 Å². The number of hydrogen-bond acceptors (Lipinski definition) is 5. The van der Waals surface area contributed by atoms with Crippen LogP contribution in [0.3, 0.4) is 0 Å². The topological polar surface area (TPSA) is 84.7 Å². The Balaban J connectivity index is 2.35. The van der Waals surface area contributed by atoms with Crippen molar-refractivity contribution < 1.29 is 34.4 Å². The molecule has 114 valence electrons. The number of furan rings is 1. The van der Waals surface area contributed by atoms with Gasteiger partial charge in [-0.3, -0.25) is 0 Å². The van der Waals surface area contributed by atoms with Crippen LogP contribution in [0.1, 0.15) is 11.3 Å². The molecular weight excluding hydrogens is 347 g/mol. The van der Waals surface area contributed by atoms with E-state index in [1.165, 1.54) is 0 Å². The zero-order valence-electron chi connectivity index (χ0n) is 9.52. The molecular formula is C8H7ClF3NO5S2. The minimum absolute atomic E-state index is 0.0447. The van der Waals surface area contributed by atoms with E-state index in [2.05, 4.69) is 0 Å². The highest BCUT2D eigenvalue weighted by Gasteiger charge is 2.50. The normalized spacial score (nSPS) is 18.0. The Hall–Kier alpha value is -0.780. The maximum Gasteiger partial charge on any atom is 0.511 e. The Morgan fingerprint density at radius 1 is 1.25 bits per heavy atom. The zero-order chi connectivity index (χ0) is 15.3. The molecule has 0 saturated carbocycles. The average Bonchev–Trinajstić information content (AvgIpc) is 2.69. The SMILES string of the molecule is O=S(=O)(Cl)c1cc2c(o1)CCN(S(=O)(=O)C(F)(F)F)C2. The van der Waals surface area contributed by atoms with Gasteiger partial charge in [0.15, 0.2) is 0 Å². The Kier molecular flexibility index (Phi) is 3.60. The number of alkyl halides is 3. The zero-order valence-corrected chi connectivity index (χ0v) is 11.9. The lowest BCUT2D eigenvalue weighted by molar-refractivity contribution is -0.0493. The molecule has 0 saturated heterocycles. The summed E-state index contributed by atoms with van der Waals surface area (Å²) < 4.78 is 87.0. The van der Waals surface area contributed by atoms with E-state index in [-0.39, 0.29) is 22.0 Å². The van der Waals surface area contributed by atoms with Crippen LogP contribution in [0.25, 0.3) is 0 Å². The fraction of sp³-hybridized carbons (Fsp3) is 0.500. The van der Waals surface area contributed by atoms with Crippen molar-refractivity contribution in [2.75, 3.05) is 6.54 Å². The number of fused-ring (bicyclic) bond motifs is 1. The molecule has 0 aromatic carbocycles. The van der Waals surface area contributed by atoms with Gasteiger partial charge in [-0.05, 0) is 0 Å². The largest absolute Gasteiger partial charge is 0.511 e. The number of nitrogens with zero attached hydrogens (tertiary/aromatic N) is 1. The summed E-state index contributed by atoms with van der Waals surface area (Å²) in [6.07, 6.45) is -0.170. The van der Waals surface area contributed by atoms with Crippen LogP contribution in [0, 0.1) is 0 Å². The quantitative estimate of drug-likeness (QED) is 0.751. The van der Waals surface area contributed by atoms with Crippen LogP contribution in [0.15, 0.2) is 15.6 Å². The standard InChI is InChI=1S/C8H7ClF3NO5S2/c9-19(14,15)7-3-5-4-13(2-1-6(5)18-7)20(16,17)8(10,11)12/h3H,1-2,4H2. The number of rotatable bonds is 2. The second-order valence-corrected chi connectivity index (χ2v) is 8.41. The first-order valence-corrected chi connectivity index (χ1v) is 8.80. The Bertz CT molecular complexity index is 737. The molecule has 1 aliphatic rings. The molecule has 0 radical (unpaired) electrons. The Morgan fingerprint density at radius 2 is 1.85 bits per heavy atom. The second-order valence-electron chi connectivity index (χ2n) is 3.99. The van der Waals surface area contributed by atoms with Gasteiger partial charge in [-0.2, -0.15) is 17.5 Å². The van der Waals surface area contributed by atoms with Crippen molar-refractivity contribution in [2.45, 2.75) is 23.6 Å². The van der Waals surface area contributed by atoms with Crippen molar-refractivity contribution in [1.29, 1.82) is 0 Å². The molecule has 20 heavy (non-hydrogen) atoms. The van der Waals surface area contributed by atoms with E-state index >= 15 is 0 Å². The van der Waals surface area contributed by atoms with Gasteiger partial charge in [-0.25, -0.2) is 16.8 Å². The molecule has 0 unspecified atom stereocenters. The third-order valence-corrected chi connectivity index (χ3v) is 5.40. The van der Waals surface area contributed by atoms with E-state index in [0.717, 1.165) is 6.07 Å². The van der Waals surface area contributed by atoms with E-state index in [0.29, 0.717) is 0 Å². The summed E-state index contributed by atoms with van der Waals surface area (Å²) in [6, 6.07) is 0.926. The van der Waals surface area contributed by atoms with Crippen molar-refractivity contribution in [1.82, 2.24) is 4.31 Å². The van der Waals surface area contributed by atoms with E-state index < -0.39 is 42.8 Å². The maximum absolute atomic E-state index is 12.4. The number of halogens is 4. The summed E-state index contributed by atoms with van der Waals surface area (Å²) in [4.78, 5) is 0. The predicted octanol–water partition coefficient (Wildman–Crippen LogP) is 1.41. The monoisotopic (exact) mass is 353 g/mol. The molecule has 0 atom stereocenters. The van der Waals surface area contributed by atoms with Crippen molar-refractivity contribution in [3.05, 3.63) is 17.4 Å². The van der Waals surface area contributed by atoms with Crippen LogP contribution in [0.4, 0.5) is 13.2 Å². The van der Waals surface area contributed by atoms with E-state index in [9.17, 15) is 30.0 Å². The van der Waals surface area contributed by atoms with Crippen molar-refractivity contribution >= 4 is 29.8 Å². The lowest BCUT2D eigenvalue weighted by Gasteiger charge is -2.25. The molecule has 0 bridgehead atoms. The van der Waals surface area contributed by atoms with Gasteiger partial charge in [0.05, 0.1) is 0 Å². The molecule has 0 fully saturated rings. The van der Waals surface area contributed by atoms with Crippen LogP contribution in [-0.2, 0) is 32.0 Å². The molecule has 0 N–H and O–H groups in total. The summed E-state index contributed by atoms with van der Waals surface area (Å²) in [7, 11) is -4.58. The first kappa shape index (κ1) is 15.6. The third-order valence-electron chi connectivity index (χ3n) is 2.68. The van der Waals surface area contributed by atoms with Gasteiger partial charge in [0.25, 0.3) is 9.05 Å². The first-order chi connectivity index (χ1) is 8.93. The summed E-state index contributed by atoms with van der Waals surface area (Å²) >= 11 is 0. The molecule has 0 amide bonds. The number of sulfonamides is 1. The highest BCUT2D eigenvalue weighted by molar-refractivity contribution is 8.13. The lowest BCUT2D eigenvalue weighted by atomic mass is 10.1. The summed E-state index contributed by atoms with van der Waals surface area (Å²) in [5.41, 5.74) is -5.36. The fourth-order valence-corrected chi connectivity index (χ4v) is 3.40. The minimum Gasteiger partial charge on any atom is -0.448 e. The second kappa shape index (κ2) is 4.61. The lowest BCUT2D eigenvalue weighted by Crippen LogP contribution is -2.43. The van der Waals surface area contributed by atoms with Gasteiger partial charge < -0.3 is 4.42 Å². The van der Waals surface area contributed by atoms with E-state index in [1.807, 2.05) is 0 Å². The Labute approximate surface area is 116 Å². The van der Waals surface area contributed by atoms with Crippen molar-refractivity contribution in [3.8, 4) is 0 Å². The van der Waals surface area contributed by atoms with Gasteiger partial charge in [-0.15, -0.1) is 0 Å². The van der Waals surface area contributed by atoms with Crippen LogP contribution in [0.5, 0.6) is 0 Å². The first-order valence-electron chi connectivity index (χ1n) is 5.05. The van der Waals surface area contributed by atoms with Crippen molar-refractivity contribution in [3.63, 3.8) is 0 Å². The molecule has 2 heterocycles. The summed E-state index contributed by atoms with van der Waals surface area (Å²) in [6.45, 7) is -1.07. The molecule has 2 rings (SSSR count). The van der Waals surface area contributed by atoms with Crippen molar-refractivity contribution in [2.24, 2.45) is 0 Å². The summed E-state index contributed by atoms with van der Waals surface area (Å²) in [5, 5.41) is -0.615. The molecule has 0 spiro atoms. The fourth-order valence-electron chi connectivity index (χ4n) is 1.75. The van der Waals surface area contributed by atoms with Gasteiger partial charge in [0.1, 0.15) is 5.76 Å². The molecule has 1 aromatic heterocycles. The Morgan fingerprint density at radius 3 is 2.35 bits per heavy atom. The van der Waals surface area contributed by atoms with E-state index in [4.69, 9.17) is 15.1 Å². The molecule has 0 aliphatic carbocycles. The third kappa shape index (κ3) is 2.67. The van der Waals surface area contributed by atoms with Crippen LogP contribution in [0.2, 0.25) is 0 Å². The highest BCUT2D eigenvalue weighted by atomic mass is 35.7. The minimum atomic E-state index is -5.46. The average molecular weight is 354 g/mol. The van der Waals surface area contributed by atoms with Crippen LogP contribution in [-0.4, -0.2) is 33.2 Å². The highest BCUT2D eigenvalue weighted by Crippen LogP contribution is 2.33. The number of hydrogen-bond donors (Lipinski definition) is 0.